The number of ether oxygens (including phenoxy) is 18. The van der Waals surface area contributed by atoms with E-state index in [1.165, 1.54) is 20.8 Å². The highest BCUT2D eigenvalue weighted by atomic mass is 16.7. The van der Waals surface area contributed by atoms with Crippen molar-refractivity contribution in [1.82, 2.24) is 0 Å². The number of carbonyl (C=O) groups is 15. The summed E-state index contributed by atoms with van der Waals surface area (Å²) in [4.78, 5) is 179. The Kier molecular flexibility index (Phi) is 37.8. The van der Waals surface area contributed by atoms with Gasteiger partial charge in [-0.2, -0.15) is 0 Å². The molecule has 0 aromatic rings. The molecule has 0 spiro atoms. The van der Waals surface area contributed by atoms with E-state index in [9.17, 15) is 103 Å². The fraction of sp³-hybridized carbons (Fsp3) is 0.851. The first-order valence-electron chi connectivity index (χ1n) is 51.8. The van der Waals surface area contributed by atoms with Crippen LogP contribution in [0.15, 0.2) is 0 Å². The van der Waals surface area contributed by atoms with E-state index in [1.807, 2.05) is 13.8 Å². The van der Waals surface area contributed by atoms with Crippen LogP contribution in [0.3, 0.4) is 0 Å². The van der Waals surface area contributed by atoms with Crippen molar-refractivity contribution < 1.29 is 188 Å². The maximum absolute atomic E-state index is 12.5. The number of esters is 15. The summed E-state index contributed by atoms with van der Waals surface area (Å²) in [6.07, 6.45) is 6.57. The highest BCUT2D eigenvalue weighted by Crippen LogP contribution is 2.55. The van der Waals surface area contributed by atoms with Gasteiger partial charge in [-0.15, -0.1) is 0 Å². The van der Waals surface area contributed by atoms with Gasteiger partial charge in [0.15, 0.2) is 42.7 Å². The van der Waals surface area contributed by atoms with Gasteiger partial charge in [0.25, 0.3) is 0 Å². The molecule has 0 aromatic heterocycles. The van der Waals surface area contributed by atoms with Crippen LogP contribution in [0.4, 0.5) is 0 Å². The highest BCUT2D eigenvalue weighted by molar-refractivity contribution is 5.84. The molecular formula is C101H148O39. The standard InChI is InChI=1S/C18H26O7.2C17H24O7.C17H26O6.2C16H24O6/c1-3-12(19)17(21)23-13(4-2)18(22)25-15-10-5-9-6-11(8-10)16(20)24-14(15)7-9;1-3-12(18)17(21)22-8(2)15(19)24-14-10-4-9-5-11(7-10)16(20)23-13(14)6-9;1-3-12(22-15(19)8(2)18)17(21)24-14-10-4-9-5-11(7-10)16(20)23-13(14)6-9;1-3-12(18)17(20)23-14(4-2)22-15-10-5-9-6-11(8-10)16(19)21-13(15)7-9;1-3-13(22-15(18)8(2)17)21-14-10-4-9-5-11(7-10)16(19)20-12(14)6-9;1-3-12(17)16(19)21-8(2)20-14-10-4-9-5-11(7-10)15(18)22-13(14)6-9/h9-15,19H,3-8H2,1-2H3;2*8-14,18H,3-7H2,1-2H3;9-15,18H,3-8H2,1-2H3;2*8-14,17H,3-7H2,1-2H3. The first-order chi connectivity index (χ1) is 66.6. The van der Waals surface area contributed by atoms with Gasteiger partial charge in [0.2, 0.25) is 18.9 Å². The van der Waals surface area contributed by atoms with Crippen LogP contribution in [0.1, 0.15) is 289 Å². The van der Waals surface area contributed by atoms with Gasteiger partial charge >= 0.3 is 89.5 Å². The Morgan fingerprint density at radius 2 is 0.479 bits per heavy atom. The second kappa shape index (κ2) is 48.6. The van der Waals surface area contributed by atoms with E-state index in [1.54, 1.807) is 48.5 Å². The van der Waals surface area contributed by atoms with Crippen LogP contribution in [0.25, 0.3) is 0 Å². The average molecular weight is 1990 g/mol. The number of rotatable bonds is 32. The second-order valence-electron chi connectivity index (χ2n) is 42.3. The van der Waals surface area contributed by atoms with Crippen molar-refractivity contribution in [3.8, 4) is 0 Å². The lowest BCUT2D eigenvalue weighted by Crippen LogP contribution is -2.47. The number of aliphatic hydroxyl groups excluding tert-OH is 6. The largest absolute Gasteiger partial charge is 0.459 e. The fourth-order valence-corrected chi connectivity index (χ4v) is 25.1. The molecule has 0 amide bonds. The number of hydrogen-bond acceptors (Lipinski definition) is 39. The minimum absolute atomic E-state index is 0.00175. The molecule has 0 radical (unpaired) electrons. The molecule has 24 aliphatic rings. The first-order valence-corrected chi connectivity index (χ1v) is 51.8. The molecule has 42 atom stereocenters. The minimum atomic E-state index is -1.29. The Labute approximate surface area is 815 Å². The average Bonchev–Trinajstić information content (AvgIpc) is 1.58. The molecule has 6 N–H and O–H groups in total. The van der Waals surface area contributed by atoms with Gasteiger partial charge in [-0.1, -0.05) is 55.4 Å². The SMILES string of the molecule is CCC(O)C(=O)OC(C)C(=O)OC1C2CC3CC(C2)C(=O)OC1C3.CCC(O)C(=O)OC(C)OC1C2CC3CC(C2)C(=O)OC1C3.CCC(O)C(=O)OC(CC)C(=O)OC1C2CC3CC(C2)C(=O)OC1C3.CCC(OC(=O)C(C)O)C(=O)OC1C2CC3CC(C2)C(=O)OC1C3.CCC(OC(=O)C(C)O)OC1C2CC3CC(C2)C(=O)OC1C3.CCC(OC(=O)C(O)CC)OC1C2CC3CC(C2)C(=O)OC1C3. The lowest BCUT2D eigenvalue weighted by molar-refractivity contribution is -0.224. The number of fused-ring (bicyclic) bond motifs is 6. The van der Waals surface area contributed by atoms with Crippen molar-refractivity contribution in [2.45, 2.75) is 436 Å². The van der Waals surface area contributed by atoms with E-state index in [0.29, 0.717) is 80.5 Å². The van der Waals surface area contributed by atoms with Crippen molar-refractivity contribution in [3.05, 3.63) is 0 Å². The van der Waals surface area contributed by atoms with Crippen LogP contribution < -0.4 is 0 Å². The smallest absolute Gasteiger partial charge is 0.347 e. The molecule has 12 aliphatic carbocycles. The number of aliphatic hydroxyl groups is 6. The molecular weight excluding hydrogens is 1840 g/mol. The van der Waals surface area contributed by atoms with Crippen LogP contribution >= 0.6 is 0 Å². The highest BCUT2D eigenvalue weighted by Gasteiger charge is 2.59. The van der Waals surface area contributed by atoms with Crippen LogP contribution in [0.5, 0.6) is 0 Å². The molecule has 24 bridgehead atoms. The minimum Gasteiger partial charge on any atom is -0.459 e. The number of hydrogen-bond donors (Lipinski definition) is 6. The Bertz CT molecular complexity index is 4340. The molecule has 39 nitrogen and oxygen atoms in total. The van der Waals surface area contributed by atoms with Gasteiger partial charge in [0.05, 0.1) is 35.5 Å². The first kappa shape index (κ1) is 109. The predicted molar refractivity (Wildman–Crippen MR) is 478 cm³/mol. The van der Waals surface area contributed by atoms with Crippen LogP contribution in [-0.2, 0) is 157 Å². The second-order valence-corrected chi connectivity index (χ2v) is 42.3. The van der Waals surface area contributed by atoms with Gasteiger partial charge < -0.3 is 116 Å². The Morgan fingerprint density at radius 1 is 0.250 bits per heavy atom. The summed E-state index contributed by atoms with van der Waals surface area (Å²) in [5.74, 6) is -3.37. The van der Waals surface area contributed by atoms with Gasteiger partial charge in [-0.3, -0.25) is 28.8 Å². The molecule has 140 heavy (non-hydrogen) atoms. The molecule has 12 saturated heterocycles. The molecule has 786 valence electrons. The summed E-state index contributed by atoms with van der Waals surface area (Å²) >= 11 is 0. The van der Waals surface area contributed by atoms with Crippen molar-refractivity contribution in [2.24, 2.45) is 107 Å². The molecule has 0 aromatic carbocycles. The molecule has 24 fully saturated rings. The maximum atomic E-state index is 12.5. The summed E-state index contributed by atoms with van der Waals surface area (Å²) < 4.78 is 98.7. The van der Waals surface area contributed by atoms with Gasteiger partial charge in [0, 0.05) is 30.6 Å². The summed E-state index contributed by atoms with van der Waals surface area (Å²) in [6.45, 7) is 19.6. The molecule has 12 aliphatic heterocycles. The Morgan fingerprint density at radius 3 is 0.750 bits per heavy atom. The van der Waals surface area contributed by atoms with E-state index in [-0.39, 0.29) is 169 Å². The Hall–Kier alpha value is -8.31. The van der Waals surface area contributed by atoms with Crippen LogP contribution in [0, 0.1) is 107 Å². The quantitative estimate of drug-likeness (QED) is 0.0212. The normalized spacial score (nSPS) is 37.3. The third-order valence-electron chi connectivity index (χ3n) is 31.9. The summed E-state index contributed by atoms with van der Waals surface area (Å²) in [7, 11) is 0. The van der Waals surface area contributed by atoms with Gasteiger partial charge in [-0.25, -0.2) is 43.2 Å². The number of carbonyl (C=O) groups excluding carboxylic acids is 15. The zero-order chi connectivity index (χ0) is 101. The van der Waals surface area contributed by atoms with E-state index < -0.39 is 164 Å². The molecule has 39 heteroatoms. The Balaban J connectivity index is 0.000000142. The maximum Gasteiger partial charge on any atom is 0.347 e. The monoisotopic (exact) mass is 1980 g/mol. The third kappa shape index (κ3) is 26.7. The molecule has 12 saturated carbocycles. The van der Waals surface area contributed by atoms with Crippen molar-refractivity contribution in [2.75, 3.05) is 0 Å². The van der Waals surface area contributed by atoms with Gasteiger partial charge in [0.1, 0.15) is 85.5 Å². The zero-order valence-corrected chi connectivity index (χ0v) is 82.5. The molecule has 42 unspecified atom stereocenters. The van der Waals surface area contributed by atoms with Crippen LogP contribution in [0.2, 0.25) is 0 Å². The summed E-state index contributed by atoms with van der Waals surface area (Å²) in [5.41, 5.74) is 0. The molecule has 24 rings (SSSR count). The predicted octanol–water partition coefficient (Wildman–Crippen LogP) is 7.85. The van der Waals surface area contributed by atoms with Crippen molar-refractivity contribution in [3.63, 3.8) is 0 Å². The topological polar surface area (TPSA) is 544 Å². The lowest BCUT2D eigenvalue weighted by atomic mass is 9.67. The van der Waals surface area contributed by atoms with Crippen molar-refractivity contribution in [1.29, 1.82) is 0 Å². The summed E-state index contributed by atoms with van der Waals surface area (Å²) in [6, 6.07) is 0. The van der Waals surface area contributed by atoms with E-state index in [0.717, 1.165) is 135 Å². The zero-order valence-electron chi connectivity index (χ0n) is 82.5. The van der Waals surface area contributed by atoms with Crippen LogP contribution in [-0.4, -0.2) is 267 Å². The van der Waals surface area contributed by atoms with Crippen molar-refractivity contribution >= 4 is 89.5 Å². The molecule has 12 heterocycles. The van der Waals surface area contributed by atoms with Gasteiger partial charge in [-0.05, 0) is 274 Å². The lowest BCUT2D eigenvalue weighted by Gasteiger charge is -2.42. The van der Waals surface area contributed by atoms with E-state index in [2.05, 4.69) is 0 Å². The fourth-order valence-electron chi connectivity index (χ4n) is 25.1. The third-order valence-corrected chi connectivity index (χ3v) is 31.9. The summed E-state index contributed by atoms with van der Waals surface area (Å²) in [5, 5.41) is 56.4. The van der Waals surface area contributed by atoms with E-state index >= 15 is 0 Å². The van der Waals surface area contributed by atoms with E-state index in [4.69, 9.17) is 85.3 Å².